The van der Waals surface area contributed by atoms with E-state index in [-0.39, 0.29) is 23.9 Å². The number of likely N-dealkylation sites (N-methyl/N-ethyl adjacent to an activating group) is 1. The number of carbonyl (C=O) groups is 1. The largest absolute Gasteiger partial charge is 0.351 e. The second kappa shape index (κ2) is 6.32. The summed E-state index contributed by atoms with van der Waals surface area (Å²) in [5.41, 5.74) is 3.67. The third kappa shape index (κ3) is 2.77. The number of rotatable bonds is 4. The third-order valence-corrected chi connectivity index (χ3v) is 4.56. The summed E-state index contributed by atoms with van der Waals surface area (Å²) in [6.07, 6.45) is 0.884. The van der Waals surface area contributed by atoms with E-state index in [0.29, 0.717) is 0 Å². The van der Waals surface area contributed by atoms with Crippen LogP contribution in [0.5, 0.6) is 0 Å². The van der Waals surface area contributed by atoms with E-state index >= 15 is 0 Å². The van der Waals surface area contributed by atoms with Gasteiger partial charge in [-0.25, -0.2) is 0 Å². The van der Waals surface area contributed by atoms with Crippen LogP contribution < -0.4 is 10.6 Å². The van der Waals surface area contributed by atoms with Crippen LogP contribution in [0.25, 0.3) is 0 Å². The summed E-state index contributed by atoms with van der Waals surface area (Å²) in [5.74, 6) is -0.0494. The highest BCUT2D eigenvalue weighted by molar-refractivity contribution is 5.83. The zero-order valence-corrected chi connectivity index (χ0v) is 13.0. The highest BCUT2D eigenvalue weighted by atomic mass is 16.1. The standard InChI is InChI=1S/C19H22N2O/c1-13(14-8-4-3-5-9-14)19(22)21-17-12-15-10-6-7-11-16(15)18(17)20-2/h3-11,13,17-18,20H,12H2,1-2H3,(H,21,22)/t13-,17-,18-/m0/s1. The van der Waals surface area contributed by atoms with Crippen LogP contribution in [-0.2, 0) is 11.2 Å². The SMILES string of the molecule is CN[C@H]1c2ccccc2C[C@@H]1NC(=O)[C@@H](C)c1ccccc1. The smallest absolute Gasteiger partial charge is 0.227 e. The first-order valence-corrected chi connectivity index (χ1v) is 7.81. The quantitative estimate of drug-likeness (QED) is 0.910. The molecular weight excluding hydrogens is 272 g/mol. The van der Waals surface area contributed by atoms with E-state index in [4.69, 9.17) is 0 Å². The van der Waals surface area contributed by atoms with E-state index in [1.165, 1.54) is 11.1 Å². The van der Waals surface area contributed by atoms with Gasteiger partial charge in [-0.3, -0.25) is 4.79 Å². The average Bonchev–Trinajstić information content (AvgIpc) is 2.91. The molecule has 2 N–H and O–H groups in total. The molecule has 1 aliphatic rings. The molecule has 22 heavy (non-hydrogen) atoms. The van der Waals surface area contributed by atoms with Crippen molar-refractivity contribution < 1.29 is 4.79 Å². The molecule has 0 aromatic heterocycles. The monoisotopic (exact) mass is 294 g/mol. The maximum Gasteiger partial charge on any atom is 0.227 e. The Morgan fingerprint density at radius 1 is 1.09 bits per heavy atom. The lowest BCUT2D eigenvalue weighted by Gasteiger charge is -2.23. The molecule has 3 atom stereocenters. The van der Waals surface area contributed by atoms with Crippen LogP contribution in [0.15, 0.2) is 54.6 Å². The summed E-state index contributed by atoms with van der Waals surface area (Å²) in [7, 11) is 1.95. The van der Waals surface area contributed by atoms with Crippen molar-refractivity contribution >= 4 is 5.91 Å². The van der Waals surface area contributed by atoms with Crippen molar-refractivity contribution in [3.63, 3.8) is 0 Å². The zero-order chi connectivity index (χ0) is 15.5. The summed E-state index contributed by atoms with van der Waals surface area (Å²) in [6, 6.07) is 18.6. The van der Waals surface area contributed by atoms with Crippen LogP contribution in [-0.4, -0.2) is 19.0 Å². The molecule has 3 nitrogen and oxygen atoms in total. The lowest BCUT2D eigenvalue weighted by molar-refractivity contribution is -0.123. The highest BCUT2D eigenvalue weighted by Gasteiger charge is 2.33. The topological polar surface area (TPSA) is 41.1 Å². The molecule has 1 amide bonds. The van der Waals surface area contributed by atoms with E-state index in [0.717, 1.165) is 12.0 Å². The van der Waals surface area contributed by atoms with E-state index in [1.807, 2.05) is 44.3 Å². The van der Waals surface area contributed by atoms with E-state index in [1.54, 1.807) is 0 Å². The molecule has 0 saturated carbocycles. The van der Waals surface area contributed by atoms with Gasteiger partial charge in [-0.2, -0.15) is 0 Å². The van der Waals surface area contributed by atoms with Gasteiger partial charge in [0.05, 0.1) is 18.0 Å². The van der Waals surface area contributed by atoms with Crippen molar-refractivity contribution in [1.29, 1.82) is 0 Å². The van der Waals surface area contributed by atoms with E-state index < -0.39 is 0 Å². The first kappa shape index (κ1) is 14.8. The van der Waals surface area contributed by atoms with Crippen LogP contribution in [0.3, 0.4) is 0 Å². The summed E-state index contributed by atoms with van der Waals surface area (Å²) < 4.78 is 0. The van der Waals surface area contributed by atoms with Crippen molar-refractivity contribution in [2.45, 2.75) is 31.3 Å². The third-order valence-electron chi connectivity index (χ3n) is 4.56. The predicted molar refractivity (Wildman–Crippen MR) is 88.7 cm³/mol. The van der Waals surface area contributed by atoms with Gasteiger partial charge in [0.2, 0.25) is 5.91 Å². The minimum atomic E-state index is -0.137. The van der Waals surface area contributed by atoms with Crippen LogP contribution in [0.1, 0.15) is 35.6 Å². The molecule has 0 bridgehead atoms. The molecular formula is C19H22N2O. The molecule has 114 valence electrons. The second-order valence-electron chi connectivity index (χ2n) is 5.92. The van der Waals surface area contributed by atoms with Crippen molar-refractivity contribution in [2.75, 3.05) is 7.05 Å². The van der Waals surface area contributed by atoms with Crippen LogP contribution in [0, 0.1) is 0 Å². The number of hydrogen-bond donors (Lipinski definition) is 2. The Hall–Kier alpha value is -2.13. The Labute approximate surface area is 131 Å². The fourth-order valence-electron chi connectivity index (χ4n) is 3.29. The minimum Gasteiger partial charge on any atom is -0.351 e. The normalized spacial score (nSPS) is 21.2. The summed E-state index contributed by atoms with van der Waals surface area (Å²) >= 11 is 0. The Morgan fingerprint density at radius 2 is 1.77 bits per heavy atom. The van der Waals surface area contributed by atoms with Crippen LogP contribution in [0.4, 0.5) is 0 Å². The maximum atomic E-state index is 12.6. The molecule has 2 aromatic rings. The van der Waals surface area contributed by atoms with Crippen molar-refractivity contribution in [2.24, 2.45) is 0 Å². The molecule has 0 spiro atoms. The molecule has 0 aliphatic heterocycles. The van der Waals surface area contributed by atoms with Gasteiger partial charge in [0.1, 0.15) is 0 Å². The molecule has 0 unspecified atom stereocenters. The van der Waals surface area contributed by atoms with Crippen LogP contribution >= 0.6 is 0 Å². The van der Waals surface area contributed by atoms with Crippen molar-refractivity contribution in [3.05, 3.63) is 71.3 Å². The number of amides is 1. The number of carbonyl (C=O) groups excluding carboxylic acids is 1. The van der Waals surface area contributed by atoms with Gasteiger partial charge in [0.25, 0.3) is 0 Å². The first-order valence-electron chi connectivity index (χ1n) is 7.81. The van der Waals surface area contributed by atoms with Crippen molar-refractivity contribution in [1.82, 2.24) is 10.6 Å². The Morgan fingerprint density at radius 3 is 2.50 bits per heavy atom. The molecule has 3 rings (SSSR count). The van der Waals surface area contributed by atoms with Gasteiger partial charge in [0.15, 0.2) is 0 Å². The van der Waals surface area contributed by atoms with Gasteiger partial charge in [-0.1, -0.05) is 54.6 Å². The minimum absolute atomic E-state index is 0.0873. The van der Waals surface area contributed by atoms with Crippen LogP contribution in [0.2, 0.25) is 0 Å². The molecule has 0 radical (unpaired) electrons. The van der Waals surface area contributed by atoms with Gasteiger partial charge in [-0.05, 0) is 37.1 Å². The number of fused-ring (bicyclic) bond motifs is 1. The molecule has 1 aliphatic carbocycles. The van der Waals surface area contributed by atoms with E-state index in [2.05, 4.69) is 34.9 Å². The summed E-state index contributed by atoms with van der Waals surface area (Å²) in [5, 5.41) is 6.56. The summed E-state index contributed by atoms with van der Waals surface area (Å²) in [6.45, 7) is 1.96. The molecule has 0 saturated heterocycles. The molecule has 0 fully saturated rings. The molecule has 0 heterocycles. The maximum absolute atomic E-state index is 12.6. The van der Waals surface area contributed by atoms with Gasteiger partial charge < -0.3 is 10.6 Å². The lowest BCUT2D eigenvalue weighted by Crippen LogP contribution is -2.43. The number of hydrogen-bond acceptors (Lipinski definition) is 2. The zero-order valence-electron chi connectivity index (χ0n) is 13.0. The summed E-state index contributed by atoms with van der Waals surface area (Å²) in [4.78, 5) is 12.6. The lowest BCUT2D eigenvalue weighted by atomic mass is 9.99. The fraction of sp³-hybridized carbons (Fsp3) is 0.316. The van der Waals surface area contributed by atoms with Gasteiger partial charge in [0, 0.05) is 0 Å². The Bertz CT molecular complexity index is 653. The molecule has 3 heteroatoms. The number of nitrogens with one attached hydrogen (secondary N) is 2. The predicted octanol–water partition coefficient (Wildman–Crippen LogP) is 2.79. The van der Waals surface area contributed by atoms with Gasteiger partial charge >= 0.3 is 0 Å². The van der Waals surface area contributed by atoms with Crippen molar-refractivity contribution in [3.8, 4) is 0 Å². The van der Waals surface area contributed by atoms with Gasteiger partial charge in [-0.15, -0.1) is 0 Å². The Kier molecular flexibility index (Phi) is 4.25. The average molecular weight is 294 g/mol. The number of benzene rings is 2. The molecule has 2 aromatic carbocycles. The first-order chi connectivity index (χ1) is 10.7. The van der Waals surface area contributed by atoms with E-state index in [9.17, 15) is 4.79 Å². The highest BCUT2D eigenvalue weighted by Crippen LogP contribution is 2.31. The fourth-order valence-corrected chi connectivity index (χ4v) is 3.29. The second-order valence-corrected chi connectivity index (χ2v) is 5.92. The Balaban J connectivity index is 1.73.